The van der Waals surface area contributed by atoms with Crippen LogP contribution in [0, 0.1) is 0 Å². The maximum absolute atomic E-state index is 11.1. The molecule has 1 atom stereocenters. The summed E-state index contributed by atoms with van der Waals surface area (Å²) < 4.78 is 1.15. The lowest BCUT2D eigenvalue weighted by molar-refractivity contribution is -0.110. The molecule has 18 heavy (non-hydrogen) atoms. The second kappa shape index (κ2) is 4.83. The molecule has 0 spiro atoms. The van der Waals surface area contributed by atoms with Gasteiger partial charge in [0.25, 0.3) is 0 Å². The van der Waals surface area contributed by atoms with Crippen LogP contribution < -0.4 is 0 Å². The van der Waals surface area contributed by atoms with Crippen LogP contribution in [0.3, 0.4) is 0 Å². The first-order valence-corrected chi connectivity index (χ1v) is 5.44. The number of aromatic nitrogens is 1. The van der Waals surface area contributed by atoms with Crippen LogP contribution in [0.2, 0.25) is 0 Å². The third-order valence-electron chi connectivity index (χ3n) is 2.75. The van der Waals surface area contributed by atoms with Crippen molar-refractivity contribution in [2.75, 3.05) is 0 Å². The summed E-state index contributed by atoms with van der Waals surface area (Å²) in [6, 6.07) is 8.36. The standard InChI is InChI=1S/C13H13NO4/c15-8-10(14-12(17)5-6-13(14)18)7-9-1-3-11(16)4-2-9/h1-6,8,10,16-18H,7H2. The van der Waals surface area contributed by atoms with Crippen molar-refractivity contribution in [1.82, 2.24) is 4.57 Å². The Hall–Kier alpha value is -2.43. The Bertz CT molecular complexity index is 525. The van der Waals surface area contributed by atoms with Gasteiger partial charge in [-0.05, 0) is 17.7 Å². The quantitative estimate of drug-likeness (QED) is 0.716. The third-order valence-corrected chi connectivity index (χ3v) is 2.75. The van der Waals surface area contributed by atoms with E-state index in [2.05, 4.69) is 0 Å². The molecule has 0 amide bonds. The molecule has 2 rings (SSSR count). The SMILES string of the molecule is O=CC(Cc1ccc(O)cc1)n1c(O)ccc1O. The molecule has 0 radical (unpaired) electrons. The number of rotatable bonds is 4. The minimum Gasteiger partial charge on any atom is -0.508 e. The highest BCUT2D eigenvalue weighted by Crippen LogP contribution is 2.27. The van der Waals surface area contributed by atoms with E-state index in [9.17, 15) is 15.0 Å². The summed E-state index contributed by atoms with van der Waals surface area (Å²) in [6.07, 6.45) is 0.978. The molecule has 0 saturated carbocycles. The van der Waals surface area contributed by atoms with E-state index in [0.29, 0.717) is 12.7 Å². The van der Waals surface area contributed by atoms with Gasteiger partial charge in [-0.1, -0.05) is 12.1 Å². The Morgan fingerprint density at radius 2 is 1.56 bits per heavy atom. The van der Waals surface area contributed by atoms with E-state index < -0.39 is 6.04 Å². The van der Waals surface area contributed by atoms with Crippen molar-refractivity contribution in [1.29, 1.82) is 0 Å². The molecule has 94 valence electrons. The van der Waals surface area contributed by atoms with Crippen molar-refractivity contribution in [3.05, 3.63) is 42.0 Å². The van der Waals surface area contributed by atoms with E-state index >= 15 is 0 Å². The van der Waals surface area contributed by atoms with Crippen molar-refractivity contribution in [2.24, 2.45) is 0 Å². The van der Waals surface area contributed by atoms with Crippen molar-refractivity contribution >= 4 is 6.29 Å². The first-order chi connectivity index (χ1) is 8.61. The molecule has 5 heteroatoms. The van der Waals surface area contributed by atoms with E-state index in [1.54, 1.807) is 12.1 Å². The monoisotopic (exact) mass is 247 g/mol. The Kier molecular flexibility index (Phi) is 3.23. The highest BCUT2D eigenvalue weighted by molar-refractivity contribution is 5.58. The summed E-state index contributed by atoms with van der Waals surface area (Å²) in [5.74, 6) is -0.181. The zero-order chi connectivity index (χ0) is 13.1. The van der Waals surface area contributed by atoms with Gasteiger partial charge in [-0.25, -0.2) is 0 Å². The van der Waals surface area contributed by atoms with E-state index in [4.69, 9.17) is 5.11 Å². The second-order valence-corrected chi connectivity index (χ2v) is 3.99. The van der Waals surface area contributed by atoms with Gasteiger partial charge in [-0.3, -0.25) is 4.57 Å². The highest BCUT2D eigenvalue weighted by Gasteiger charge is 2.17. The molecule has 1 aromatic heterocycles. The number of hydrogen-bond donors (Lipinski definition) is 3. The topological polar surface area (TPSA) is 82.7 Å². The van der Waals surface area contributed by atoms with Gasteiger partial charge in [0.2, 0.25) is 0 Å². The predicted octanol–water partition coefficient (Wildman–Crippen LogP) is 1.59. The minimum absolute atomic E-state index is 0.146. The summed E-state index contributed by atoms with van der Waals surface area (Å²) in [7, 11) is 0. The third kappa shape index (κ3) is 2.29. The maximum Gasteiger partial charge on any atom is 0.194 e. The molecule has 0 aliphatic rings. The van der Waals surface area contributed by atoms with Crippen LogP contribution in [0.1, 0.15) is 11.6 Å². The van der Waals surface area contributed by atoms with Crippen LogP contribution in [0.15, 0.2) is 36.4 Å². The molecule has 1 unspecified atom stereocenters. The van der Waals surface area contributed by atoms with Gasteiger partial charge >= 0.3 is 0 Å². The highest BCUT2D eigenvalue weighted by atomic mass is 16.3. The van der Waals surface area contributed by atoms with Gasteiger partial charge in [0.05, 0.1) is 6.04 Å². The number of hydrogen-bond acceptors (Lipinski definition) is 4. The molecule has 2 aromatic rings. The first-order valence-electron chi connectivity index (χ1n) is 5.44. The minimum atomic E-state index is -0.690. The first kappa shape index (κ1) is 12.0. The van der Waals surface area contributed by atoms with Crippen LogP contribution in [-0.4, -0.2) is 26.2 Å². The molecule has 0 bridgehead atoms. The van der Waals surface area contributed by atoms with Gasteiger partial charge in [-0.15, -0.1) is 0 Å². The molecular weight excluding hydrogens is 234 g/mol. The van der Waals surface area contributed by atoms with Crippen molar-refractivity contribution < 1.29 is 20.1 Å². The van der Waals surface area contributed by atoms with Gasteiger partial charge in [-0.2, -0.15) is 0 Å². The molecule has 1 heterocycles. The zero-order valence-electron chi connectivity index (χ0n) is 9.52. The Labute approximate surface area is 104 Å². The smallest absolute Gasteiger partial charge is 0.194 e. The Balaban J connectivity index is 2.25. The number of benzene rings is 1. The molecule has 0 saturated heterocycles. The van der Waals surface area contributed by atoms with E-state index in [1.165, 1.54) is 24.3 Å². The second-order valence-electron chi connectivity index (χ2n) is 3.99. The molecule has 3 N–H and O–H groups in total. The average Bonchev–Trinajstić information content (AvgIpc) is 2.69. The number of aromatic hydroxyl groups is 3. The largest absolute Gasteiger partial charge is 0.508 e. The van der Waals surface area contributed by atoms with Crippen LogP contribution in [0.4, 0.5) is 0 Å². The fourth-order valence-electron chi connectivity index (χ4n) is 1.84. The van der Waals surface area contributed by atoms with Crippen molar-refractivity contribution in [3.63, 3.8) is 0 Å². The van der Waals surface area contributed by atoms with Crippen molar-refractivity contribution in [3.8, 4) is 17.5 Å². The lowest BCUT2D eigenvalue weighted by atomic mass is 10.1. The number of phenolic OH excluding ortho intramolecular Hbond substituents is 1. The van der Waals surface area contributed by atoms with Gasteiger partial charge in [0.1, 0.15) is 12.0 Å². The van der Waals surface area contributed by atoms with Gasteiger partial charge < -0.3 is 20.1 Å². The molecule has 0 aliphatic heterocycles. The Morgan fingerprint density at radius 1 is 1.00 bits per heavy atom. The van der Waals surface area contributed by atoms with Gasteiger partial charge in [0, 0.05) is 18.6 Å². The molecule has 0 aliphatic carbocycles. The van der Waals surface area contributed by atoms with Crippen molar-refractivity contribution in [2.45, 2.75) is 12.5 Å². The number of nitrogens with zero attached hydrogens (tertiary/aromatic N) is 1. The summed E-state index contributed by atoms with van der Waals surface area (Å²) in [5.41, 5.74) is 0.817. The van der Waals surface area contributed by atoms with Gasteiger partial charge in [0.15, 0.2) is 11.8 Å². The number of phenols is 1. The summed E-state index contributed by atoms with van der Waals surface area (Å²) in [4.78, 5) is 11.1. The fraction of sp³-hybridized carbons (Fsp3) is 0.154. The number of carbonyl (C=O) groups excluding carboxylic acids is 1. The number of aldehydes is 1. The maximum atomic E-state index is 11.1. The molecule has 1 aromatic carbocycles. The van der Waals surface area contributed by atoms with Crippen LogP contribution in [0.5, 0.6) is 17.5 Å². The summed E-state index contributed by atoms with van der Waals surface area (Å²) in [5, 5.41) is 28.3. The number of carbonyl (C=O) groups is 1. The zero-order valence-corrected chi connectivity index (χ0v) is 9.52. The van der Waals surface area contributed by atoms with Crippen LogP contribution >= 0.6 is 0 Å². The fourth-order valence-corrected chi connectivity index (χ4v) is 1.84. The average molecular weight is 247 g/mol. The van der Waals surface area contributed by atoms with E-state index in [0.717, 1.165) is 10.1 Å². The predicted molar refractivity (Wildman–Crippen MR) is 64.7 cm³/mol. The van der Waals surface area contributed by atoms with Crippen LogP contribution in [0.25, 0.3) is 0 Å². The van der Waals surface area contributed by atoms with Crippen LogP contribution in [-0.2, 0) is 11.2 Å². The Morgan fingerprint density at radius 3 is 2.06 bits per heavy atom. The van der Waals surface area contributed by atoms with E-state index in [-0.39, 0.29) is 17.5 Å². The summed E-state index contributed by atoms with van der Waals surface area (Å²) in [6.45, 7) is 0. The normalized spacial score (nSPS) is 12.2. The molecular formula is C13H13NO4. The molecule has 5 nitrogen and oxygen atoms in total. The van der Waals surface area contributed by atoms with E-state index in [1.807, 2.05) is 0 Å². The molecule has 0 fully saturated rings. The summed E-state index contributed by atoms with van der Waals surface area (Å²) >= 11 is 0. The lowest BCUT2D eigenvalue weighted by Gasteiger charge is -2.14. The lowest BCUT2D eigenvalue weighted by Crippen LogP contribution is -2.12.